The van der Waals surface area contributed by atoms with E-state index in [0.717, 1.165) is 11.1 Å². The van der Waals surface area contributed by atoms with Gasteiger partial charge in [0.15, 0.2) is 11.5 Å². The molecule has 2 unspecified atom stereocenters. The van der Waals surface area contributed by atoms with Gasteiger partial charge in [-0.25, -0.2) is 13.2 Å². The van der Waals surface area contributed by atoms with Crippen molar-refractivity contribution in [1.29, 1.82) is 0 Å². The van der Waals surface area contributed by atoms with E-state index in [0.29, 0.717) is 36.7 Å². The van der Waals surface area contributed by atoms with Crippen LogP contribution in [0.2, 0.25) is 0 Å². The number of sulfonamides is 1. The maximum absolute atomic E-state index is 14.2. The highest BCUT2D eigenvalue weighted by Gasteiger charge is 2.36. The lowest BCUT2D eigenvalue weighted by Gasteiger charge is -2.35. The van der Waals surface area contributed by atoms with Crippen molar-refractivity contribution >= 4 is 16.1 Å². The zero-order valence-corrected chi connectivity index (χ0v) is 29.2. The smallest absolute Gasteiger partial charge is 0.407 e. The monoisotopic (exact) mass is 684 g/mol. The van der Waals surface area contributed by atoms with E-state index in [2.05, 4.69) is 5.32 Å². The molecule has 0 aromatic heterocycles. The summed E-state index contributed by atoms with van der Waals surface area (Å²) in [6.45, 7) is 9.13. The summed E-state index contributed by atoms with van der Waals surface area (Å²) in [5.74, 6) is 1.42. The first-order valence-electron chi connectivity index (χ1n) is 16.1. The molecule has 12 heteroatoms. The number of aliphatic hydroxyl groups is 2. The molecule has 0 bridgehead atoms. The first kappa shape index (κ1) is 37.0. The van der Waals surface area contributed by atoms with Gasteiger partial charge < -0.3 is 34.5 Å². The van der Waals surface area contributed by atoms with Gasteiger partial charge in [-0.1, -0.05) is 56.3 Å². The van der Waals surface area contributed by atoms with Crippen molar-refractivity contribution in [3.8, 4) is 17.2 Å². The fraction of sp³-hybridized carbons (Fsp3) is 0.472. The average Bonchev–Trinajstić information content (AvgIpc) is 3.51. The Kier molecular flexibility index (Phi) is 12.4. The highest BCUT2D eigenvalue weighted by molar-refractivity contribution is 7.89. The number of benzene rings is 3. The molecule has 0 radical (unpaired) electrons. The van der Waals surface area contributed by atoms with Crippen LogP contribution >= 0.6 is 0 Å². The number of nitrogens with one attached hydrogen (secondary N) is 1. The summed E-state index contributed by atoms with van der Waals surface area (Å²) in [5, 5.41) is 23.9. The van der Waals surface area contributed by atoms with Crippen LogP contribution in [0.15, 0.2) is 77.7 Å². The van der Waals surface area contributed by atoms with E-state index in [1.165, 1.54) is 16.4 Å². The Bertz CT molecular complexity index is 1590. The van der Waals surface area contributed by atoms with E-state index >= 15 is 0 Å². The number of carbonyl (C=O) groups excluding carboxylic acids is 1. The zero-order chi connectivity index (χ0) is 35.0. The van der Waals surface area contributed by atoms with E-state index in [4.69, 9.17) is 18.9 Å². The second-order valence-corrected chi connectivity index (χ2v) is 15.7. The molecule has 1 aliphatic rings. The maximum Gasteiger partial charge on any atom is 0.407 e. The van der Waals surface area contributed by atoms with Crippen molar-refractivity contribution in [2.75, 3.05) is 26.5 Å². The average molecular weight is 685 g/mol. The molecule has 0 fully saturated rings. The maximum atomic E-state index is 14.2. The van der Waals surface area contributed by atoms with E-state index < -0.39 is 39.3 Å². The Labute approximate surface area is 283 Å². The molecular formula is C36H48N2O9S. The Hall–Kier alpha value is -3.84. The third kappa shape index (κ3) is 10.8. The first-order chi connectivity index (χ1) is 22.6. The second kappa shape index (κ2) is 16.0. The number of carbonyl (C=O) groups is 1. The summed E-state index contributed by atoms with van der Waals surface area (Å²) in [6, 6.07) is 20.6. The topological polar surface area (TPSA) is 144 Å². The third-order valence-corrected chi connectivity index (χ3v) is 9.59. The molecule has 11 nitrogen and oxygen atoms in total. The van der Waals surface area contributed by atoms with E-state index in [9.17, 15) is 23.4 Å². The molecule has 1 heterocycles. The lowest BCUT2D eigenvalue weighted by atomic mass is 9.87. The molecule has 4 rings (SSSR count). The van der Waals surface area contributed by atoms with Crippen LogP contribution in [0.3, 0.4) is 0 Å². The van der Waals surface area contributed by atoms with Gasteiger partial charge in [0.05, 0.1) is 17.0 Å². The molecule has 0 spiro atoms. The fourth-order valence-corrected chi connectivity index (χ4v) is 7.01. The molecule has 2 atom stereocenters. The Morgan fingerprint density at radius 3 is 2.31 bits per heavy atom. The molecule has 3 aromatic rings. The number of alkyl carbamates (subject to hydrolysis) is 1. The van der Waals surface area contributed by atoms with Crippen LogP contribution in [0.4, 0.5) is 4.79 Å². The Morgan fingerprint density at radius 1 is 0.958 bits per heavy atom. The Balaban J connectivity index is 1.58. The Morgan fingerprint density at radius 2 is 1.65 bits per heavy atom. The molecule has 3 N–H and O–H groups in total. The van der Waals surface area contributed by atoms with Crippen LogP contribution in [0, 0.1) is 5.41 Å². The van der Waals surface area contributed by atoms with Gasteiger partial charge in [-0.15, -0.1) is 0 Å². The number of ether oxygens (including phenoxy) is 4. The molecule has 0 saturated heterocycles. The zero-order valence-electron chi connectivity index (χ0n) is 28.3. The van der Waals surface area contributed by atoms with Gasteiger partial charge in [0.1, 0.15) is 18.0 Å². The summed E-state index contributed by atoms with van der Waals surface area (Å²) >= 11 is 0. The molecule has 262 valence electrons. The number of hydrogen-bond acceptors (Lipinski definition) is 9. The SMILES string of the molecule is CC(C)(CCCO)CN(CC(O)C(Cc1ccc(OCc2ccccc2)cc1)NC(=O)OC(C)(C)C)S(=O)(=O)c1ccc2c(c1)OCO2. The van der Waals surface area contributed by atoms with E-state index in [-0.39, 0.29) is 37.8 Å². The number of nitrogens with zero attached hydrogens (tertiary/aromatic N) is 1. The summed E-state index contributed by atoms with van der Waals surface area (Å²) < 4.78 is 51.7. The summed E-state index contributed by atoms with van der Waals surface area (Å²) in [6.07, 6.45) is -0.843. The summed E-state index contributed by atoms with van der Waals surface area (Å²) in [7, 11) is -4.16. The minimum absolute atomic E-state index is 0.00635. The molecule has 3 aromatic carbocycles. The van der Waals surface area contributed by atoms with Crippen LogP contribution in [0.1, 0.15) is 58.6 Å². The minimum Gasteiger partial charge on any atom is -0.489 e. The highest BCUT2D eigenvalue weighted by Crippen LogP contribution is 2.36. The number of amides is 1. The van der Waals surface area contributed by atoms with Gasteiger partial charge in [0.25, 0.3) is 0 Å². The van der Waals surface area contributed by atoms with Crippen LogP contribution < -0.4 is 19.5 Å². The molecule has 0 aliphatic carbocycles. The van der Waals surface area contributed by atoms with Gasteiger partial charge in [0, 0.05) is 25.8 Å². The van der Waals surface area contributed by atoms with Crippen LogP contribution in [0.25, 0.3) is 0 Å². The van der Waals surface area contributed by atoms with Crippen molar-refractivity contribution in [2.45, 2.75) is 83.1 Å². The predicted molar refractivity (Wildman–Crippen MR) is 182 cm³/mol. The van der Waals surface area contributed by atoms with Crippen LogP contribution in [-0.4, -0.2) is 73.3 Å². The molecule has 48 heavy (non-hydrogen) atoms. The van der Waals surface area contributed by atoms with Gasteiger partial charge in [-0.2, -0.15) is 4.31 Å². The van der Waals surface area contributed by atoms with Gasteiger partial charge in [0.2, 0.25) is 16.8 Å². The summed E-state index contributed by atoms with van der Waals surface area (Å²) in [4.78, 5) is 12.9. The van der Waals surface area contributed by atoms with E-state index in [1.54, 1.807) is 26.8 Å². The van der Waals surface area contributed by atoms with Gasteiger partial charge >= 0.3 is 6.09 Å². The van der Waals surface area contributed by atoms with Crippen molar-refractivity contribution in [3.05, 3.63) is 83.9 Å². The number of hydrogen-bond donors (Lipinski definition) is 3. The predicted octanol–water partition coefficient (Wildman–Crippen LogP) is 5.28. The highest BCUT2D eigenvalue weighted by atomic mass is 32.2. The molecular weight excluding hydrogens is 636 g/mol. The van der Waals surface area contributed by atoms with Crippen LogP contribution in [0.5, 0.6) is 17.2 Å². The van der Waals surface area contributed by atoms with Crippen molar-refractivity contribution in [2.24, 2.45) is 5.41 Å². The number of fused-ring (bicyclic) bond motifs is 1. The third-order valence-electron chi connectivity index (χ3n) is 7.78. The standard InChI is InChI=1S/C36H48N2O9S/c1-35(2,3)47-34(41)37-30(20-26-12-14-28(15-13-26)44-23-27-10-7-6-8-11-27)31(40)22-38(24-36(4,5)18-9-19-39)48(42,43)29-16-17-32-33(21-29)46-25-45-32/h6-8,10-17,21,30-31,39-40H,9,18-20,22-25H2,1-5H3,(H,37,41). The molecule has 1 amide bonds. The quantitative estimate of drug-likeness (QED) is 0.184. The van der Waals surface area contributed by atoms with Gasteiger partial charge in [-0.05, 0) is 80.8 Å². The number of aliphatic hydroxyl groups excluding tert-OH is 2. The molecule has 0 saturated carbocycles. The normalized spacial score (nSPS) is 14.4. The minimum atomic E-state index is -4.16. The lowest BCUT2D eigenvalue weighted by molar-refractivity contribution is 0.0391. The fourth-order valence-electron chi connectivity index (χ4n) is 5.34. The van der Waals surface area contributed by atoms with Crippen molar-refractivity contribution in [3.63, 3.8) is 0 Å². The number of rotatable bonds is 16. The summed E-state index contributed by atoms with van der Waals surface area (Å²) in [5.41, 5.74) is 0.486. The van der Waals surface area contributed by atoms with E-state index in [1.807, 2.05) is 68.4 Å². The van der Waals surface area contributed by atoms with Gasteiger partial charge in [-0.3, -0.25) is 0 Å². The lowest BCUT2D eigenvalue weighted by Crippen LogP contribution is -2.52. The second-order valence-electron chi connectivity index (χ2n) is 13.7. The molecule has 1 aliphatic heterocycles. The largest absolute Gasteiger partial charge is 0.489 e. The van der Waals surface area contributed by atoms with Crippen molar-refractivity contribution in [1.82, 2.24) is 9.62 Å². The van der Waals surface area contributed by atoms with Crippen molar-refractivity contribution < 1.29 is 42.4 Å². The van der Waals surface area contributed by atoms with Crippen LogP contribution in [-0.2, 0) is 27.8 Å². The first-order valence-corrected chi connectivity index (χ1v) is 17.5.